The van der Waals surface area contributed by atoms with Crippen LogP contribution >= 0.6 is 11.6 Å². The Hall–Kier alpha value is -4.48. The summed E-state index contributed by atoms with van der Waals surface area (Å²) in [6.45, 7) is 11.7. The fourth-order valence-electron chi connectivity index (χ4n) is 6.99. The van der Waals surface area contributed by atoms with Gasteiger partial charge in [-0.15, -0.1) is 0 Å². The van der Waals surface area contributed by atoms with E-state index in [1.165, 1.54) is 6.07 Å². The Bertz CT molecular complexity index is 1740. The number of ether oxygens (including phenoxy) is 1. The van der Waals surface area contributed by atoms with Crippen molar-refractivity contribution in [1.29, 1.82) is 0 Å². The zero-order chi connectivity index (χ0) is 37.6. The van der Waals surface area contributed by atoms with Gasteiger partial charge in [-0.25, -0.2) is 9.18 Å². The lowest BCUT2D eigenvalue weighted by atomic mass is 10.00. The molecule has 0 bridgehead atoms. The summed E-state index contributed by atoms with van der Waals surface area (Å²) in [5, 5.41) is 3.55. The Morgan fingerprint density at radius 2 is 1.56 bits per heavy atom. The van der Waals surface area contributed by atoms with Gasteiger partial charge < -0.3 is 19.9 Å². The van der Waals surface area contributed by atoms with E-state index in [0.717, 1.165) is 16.7 Å². The maximum atomic E-state index is 15.1. The van der Waals surface area contributed by atoms with Crippen molar-refractivity contribution in [3.63, 3.8) is 0 Å². The molecule has 278 valence electrons. The second kappa shape index (κ2) is 16.9. The number of fused-ring (bicyclic) bond motifs is 1. The van der Waals surface area contributed by atoms with E-state index in [1.54, 1.807) is 65.8 Å². The number of carbonyl (C=O) groups excluding carboxylic acids is 4. The highest BCUT2D eigenvalue weighted by Crippen LogP contribution is 2.37. The third-order valence-corrected chi connectivity index (χ3v) is 9.88. The first-order valence-corrected chi connectivity index (χ1v) is 18.3. The second-order valence-electron chi connectivity index (χ2n) is 14.3. The van der Waals surface area contributed by atoms with Crippen LogP contribution in [0.15, 0.2) is 72.8 Å². The number of nitrogens with zero attached hydrogens (tertiary/aromatic N) is 4. The highest BCUT2D eigenvalue weighted by molar-refractivity contribution is 6.30. The minimum Gasteiger partial charge on any atom is -0.444 e. The van der Waals surface area contributed by atoms with Gasteiger partial charge in [-0.05, 0) is 69.5 Å². The van der Waals surface area contributed by atoms with Crippen LogP contribution in [0.1, 0.15) is 75.4 Å². The summed E-state index contributed by atoms with van der Waals surface area (Å²) in [5.74, 6) is -1.29. The summed E-state index contributed by atoms with van der Waals surface area (Å²) in [7, 11) is 0. The molecule has 1 saturated heterocycles. The molecule has 0 saturated carbocycles. The lowest BCUT2D eigenvalue weighted by Gasteiger charge is -2.41. The van der Waals surface area contributed by atoms with Crippen LogP contribution in [0, 0.1) is 5.82 Å². The first-order valence-electron chi connectivity index (χ1n) is 18.0. The number of hydrogen-bond acceptors (Lipinski definition) is 6. The average Bonchev–Trinajstić information content (AvgIpc) is 3.48. The zero-order valence-corrected chi connectivity index (χ0v) is 31.4. The van der Waals surface area contributed by atoms with E-state index >= 15 is 4.39 Å². The van der Waals surface area contributed by atoms with Gasteiger partial charge in [0.25, 0.3) is 0 Å². The Morgan fingerprint density at radius 1 is 0.923 bits per heavy atom. The molecule has 52 heavy (non-hydrogen) atoms. The van der Waals surface area contributed by atoms with E-state index in [0.29, 0.717) is 43.3 Å². The topological polar surface area (TPSA) is 103 Å². The summed E-state index contributed by atoms with van der Waals surface area (Å²) in [6, 6.07) is 18.8. The van der Waals surface area contributed by atoms with Gasteiger partial charge in [0.05, 0.1) is 12.5 Å². The van der Waals surface area contributed by atoms with Gasteiger partial charge in [-0.3, -0.25) is 24.2 Å². The summed E-state index contributed by atoms with van der Waals surface area (Å²) in [4.78, 5) is 62.0. The molecular formula is C40H49ClFN5O5. The molecule has 0 aromatic heterocycles. The van der Waals surface area contributed by atoms with Crippen molar-refractivity contribution in [1.82, 2.24) is 24.9 Å². The normalized spacial score (nSPS) is 17.2. The summed E-state index contributed by atoms with van der Waals surface area (Å²) < 4.78 is 20.8. The number of rotatable bonds is 11. The number of halogens is 2. The van der Waals surface area contributed by atoms with E-state index < -0.39 is 35.6 Å². The highest BCUT2D eigenvalue weighted by Gasteiger charge is 2.39. The molecule has 0 aliphatic carbocycles. The monoisotopic (exact) mass is 733 g/mol. The molecule has 2 aliphatic rings. The van der Waals surface area contributed by atoms with Crippen molar-refractivity contribution in [3.8, 4) is 0 Å². The number of hydrogen-bond donors (Lipinski definition) is 1. The maximum Gasteiger partial charge on any atom is 0.411 e. The van der Waals surface area contributed by atoms with E-state index in [2.05, 4.69) is 5.32 Å². The number of benzene rings is 3. The third kappa shape index (κ3) is 9.30. The summed E-state index contributed by atoms with van der Waals surface area (Å²) >= 11 is 6.14. The van der Waals surface area contributed by atoms with Gasteiger partial charge in [-0.2, -0.15) is 0 Å². The average molecular weight is 734 g/mol. The molecule has 10 nitrogen and oxygen atoms in total. The van der Waals surface area contributed by atoms with Crippen LogP contribution in [0.2, 0.25) is 5.02 Å². The largest absolute Gasteiger partial charge is 0.444 e. The molecule has 3 atom stereocenters. The number of carbonyl (C=O) groups is 4. The standard InChI is InChI=1S/C40H49ClFN5O5/c1-6-44(7-2)38(50)36(31-14-10-11-15-32(31)42)45-20-22-46(23-21-45)37(49)33(24-27-16-18-29(41)19-17-27)43-35(48)25-34-30-13-9-8-12-28(30)26-47(34)39(51)52-40(3,4)5/h8-19,33-34,36H,6-7,20-26H2,1-5H3,(H,43,48)/t33-,34?,36?/m1/s1. The smallest absolute Gasteiger partial charge is 0.411 e. The van der Waals surface area contributed by atoms with E-state index in [-0.39, 0.29) is 43.7 Å². The van der Waals surface area contributed by atoms with Crippen LogP contribution in [0.3, 0.4) is 0 Å². The van der Waals surface area contributed by atoms with E-state index in [4.69, 9.17) is 16.3 Å². The maximum absolute atomic E-state index is 15.1. The number of amides is 4. The Kier molecular flexibility index (Phi) is 12.6. The number of nitrogens with one attached hydrogen (secondary N) is 1. The third-order valence-electron chi connectivity index (χ3n) is 9.62. The predicted molar refractivity (Wildman–Crippen MR) is 198 cm³/mol. The Labute approximate surface area is 310 Å². The molecule has 1 fully saturated rings. The van der Waals surface area contributed by atoms with Crippen LogP contribution < -0.4 is 5.32 Å². The van der Waals surface area contributed by atoms with E-state index in [9.17, 15) is 19.2 Å². The summed E-state index contributed by atoms with van der Waals surface area (Å²) in [6.07, 6.45) is -0.356. The highest BCUT2D eigenvalue weighted by atomic mass is 35.5. The lowest BCUT2D eigenvalue weighted by molar-refractivity contribution is -0.141. The fourth-order valence-corrected chi connectivity index (χ4v) is 7.12. The molecule has 3 aromatic carbocycles. The Morgan fingerprint density at radius 3 is 2.19 bits per heavy atom. The van der Waals surface area contributed by atoms with Crippen molar-refractivity contribution < 1.29 is 28.3 Å². The number of piperazine rings is 1. The van der Waals surface area contributed by atoms with Crippen molar-refractivity contribution in [2.75, 3.05) is 39.3 Å². The molecule has 0 radical (unpaired) electrons. The first kappa shape index (κ1) is 38.7. The van der Waals surface area contributed by atoms with E-state index in [1.807, 2.05) is 55.1 Å². The quantitative estimate of drug-likeness (QED) is 0.254. The van der Waals surface area contributed by atoms with Gasteiger partial charge in [0.2, 0.25) is 17.7 Å². The number of likely N-dealkylation sites (N-methyl/N-ethyl adjacent to an activating group) is 1. The minimum atomic E-state index is -0.911. The fraction of sp³-hybridized carbons (Fsp3) is 0.450. The molecule has 2 heterocycles. The van der Waals surface area contributed by atoms with Crippen LogP contribution in [0.25, 0.3) is 0 Å². The van der Waals surface area contributed by atoms with Crippen molar-refractivity contribution in [2.45, 2.75) is 77.7 Å². The van der Waals surface area contributed by atoms with Gasteiger partial charge in [0, 0.05) is 62.8 Å². The molecule has 5 rings (SSSR count). The second-order valence-corrected chi connectivity index (χ2v) is 14.7. The summed E-state index contributed by atoms with van der Waals surface area (Å²) in [5.41, 5.74) is 2.20. The Balaban J connectivity index is 1.34. The van der Waals surface area contributed by atoms with Crippen LogP contribution in [-0.2, 0) is 32.1 Å². The van der Waals surface area contributed by atoms with Gasteiger partial charge in [-0.1, -0.05) is 66.2 Å². The van der Waals surface area contributed by atoms with Crippen molar-refractivity contribution >= 4 is 35.4 Å². The molecule has 4 amide bonds. The lowest BCUT2D eigenvalue weighted by Crippen LogP contribution is -2.57. The molecular weight excluding hydrogens is 685 g/mol. The zero-order valence-electron chi connectivity index (χ0n) is 30.6. The van der Waals surface area contributed by atoms with Crippen molar-refractivity contribution in [3.05, 3.63) is 106 Å². The minimum absolute atomic E-state index is 0.0633. The SMILES string of the molecule is CCN(CC)C(=O)C(c1ccccc1F)N1CCN(C(=O)[C@@H](Cc2ccc(Cl)cc2)NC(=O)CC2c3ccccc3CN2C(=O)OC(C)(C)C)CC1. The van der Waals surface area contributed by atoms with Crippen LogP contribution in [0.5, 0.6) is 0 Å². The molecule has 3 aromatic rings. The van der Waals surface area contributed by atoms with Gasteiger partial charge in [0.1, 0.15) is 23.5 Å². The van der Waals surface area contributed by atoms with Crippen LogP contribution in [-0.4, -0.2) is 94.3 Å². The van der Waals surface area contributed by atoms with Gasteiger partial charge >= 0.3 is 6.09 Å². The molecule has 0 spiro atoms. The van der Waals surface area contributed by atoms with Gasteiger partial charge in [0.15, 0.2) is 0 Å². The molecule has 2 unspecified atom stereocenters. The first-order chi connectivity index (χ1) is 24.8. The molecule has 1 N–H and O–H groups in total. The molecule has 2 aliphatic heterocycles. The predicted octanol–water partition coefficient (Wildman–Crippen LogP) is 6.14. The molecule has 12 heteroatoms. The van der Waals surface area contributed by atoms with Crippen molar-refractivity contribution in [2.24, 2.45) is 0 Å². The van der Waals surface area contributed by atoms with Crippen LogP contribution in [0.4, 0.5) is 9.18 Å².